The number of para-hydroxylation sites is 1. The molecule has 0 fully saturated rings. The molecule has 0 aliphatic carbocycles. The summed E-state index contributed by atoms with van der Waals surface area (Å²) < 4.78 is 13.0. The Kier molecular flexibility index (Phi) is 5.88. The predicted octanol–water partition coefficient (Wildman–Crippen LogP) is 3.30. The minimum absolute atomic E-state index is 0.196. The van der Waals surface area contributed by atoms with Crippen LogP contribution >= 0.6 is 0 Å². The number of rotatable bonds is 6. The first-order valence-corrected chi connectivity index (χ1v) is 10.1. The van der Waals surface area contributed by atoms with Crippen LogP contribution in [0.2, 0.25) is 0 Å². The van der Waals surface area contributed by atoms with Crippen LogP contribution in [0, 0.1) is 13.8 Å². The molecule has 0 saturated heterocycles. The average Bonchev–Trinajstić information content (AvgIpc) is 3.06. The second kappa shape index (κ2) is 8.90. The molecule has 7 nitrogen and oxygen atoms in total. The fourth-order valence-electron chi connectivity index (χ4n) is 3.55. The van der Waals surface area contributed by atoms with Gasteiger partial charge in [-0.1, -0.05) is 24.3 Å². The largest absolute Gasteiger partial charge is 0.486 e. The van der Waals surface area contributed by atoms with Crippen molar-refractivity contribution in [1.82, 2.24) is 20.4 Å². The van der Waals surface area contributed by atoms with Crippen LogP contribution in [0.15, 0.2) is 48.5 Å². The summed E-state index contributed by atoms with van der Waals surface area (Å²) in [4.78, 5) is 12.2. The third-order valence-electron chi connectivity index (χ3n) is 5.17. The Bertz CT molecular complexity index is 1030. The lowest BCUT2D eigenvalue weighted by Gasteiger charge is -2.18. The van der Waals surface area contributed by atoms with E-state index < -0.39 is 0 Å². The van der Waals surface area contributed by atoms with Crippen LogP contribution in [0.25, 0.3) is 5.69 Å². The van der Waals surface area contributed by atoms with E-state index in [2.05, 4.69) is 15.7 Å². The molecule has 1 aliphatic heterocycles. The van der Waals surface area contributed by atoms with Crippen molar-refractivity contribution in [1.29, 1.82) is 0 Å². The Labute approximate surface area is 176 Å². The second-order valence-corrected chi connectivity index (χ2v) is 7.23. The molecule has 0 saturated carbocycles. The van der Waals surface area contributed by atoms with Gasteiger partial charge < -0.3 is 20.1 Å². The van der Waals surface area contributed by atoms with Crippen molar-refractivity contribution < 1.29 is 14.3 Å². The van der Waals surface area contributed by atoms with Crippen LogP contribution in [0.1, 0.15) is 22.5 Å². The summed E-state index contributed by atoms with van der Waals surface area (Å²) in [6, 6.07) is 15.7. The quantitative estimate of drug-likeness (QED) is 0.659. The van der Waals surface area contributed by atoms with Gasteiger partial charge in [0.15, 0.2) is 11.5 Å². The Morgan fingerprint density at radius 2 is 1.80 bits per heavy atom. The van der Waals surface area contributed by atoms with Crippen molar-refractivity contribution >= 4 is 6.03 Å². The molecule has 30 heavy (non-hydrogen) atoms. The average molecular weight is 406 g/mol. The van der Waals surface area contributed by atoms with Crippen molar-refractivity contribution in [3.63, 3.8) is 0 Å². The van der Waals surface area contributed by atoms with Gasteiger partial charge in [-0.3, -0.25) is 0 Å². The number of amides is 2. The summed E-state index contributed by atoms with van der Waals surface area (Å²) in [6.07, 6.45) is 0.716. The lowest BCUT2D eigenvalue weighted by atomic mass is 10.1. The van der Waals surface area contributed by atoms with Gasteiger partial charge in [-0.2, -0.15) is 5.10 Å². The number of benzene rings is 2. The van der Waals surface area contributed by atoms with Crippen molar-refractivity contribution in [2.24, 2.45) is 0 Å². The zero-order chi connectivity index (χ0) is 20.9. The second-order valence-electron chi connectivity index (χ2n) is 7.23. The molecule has 0 bridgehead atoms. The Hall–Kier alpha value is -3.48. The van der Waals surface area contributed by atoms with Gasteiger partial charge in [-0.05, 0) is 50.1 Å². The van der Waals surface area contributed by atoms with Crippen LogP contribution in [-0.4, -0.2) is 35.6 Å². The maximum Gasteiger partial charge on any atom is 0.315 e. The highest BCUT2D eigenvalue weighted by atomic mass is 16.6. The fraction of sp³-hybridized carbons (Fsp3) is 0.304. The van der Waals surface area contributed by atoms with Gasteiger partial charge in [0.05, 0.1) is 11.4 Å². The normalized spacial score (nSPS) is 12.5. The van der Waals surface area contributed by atoms with Gasteiger partial charge in [-0.25, -0.2) is 9.48 Å². The molecule has 1 aliphatic rings. The van der Waals surface area contributed by atoms with Crippen LogP contribution < -0.4 is 20.1 Å². The van der Waals surface area contributed by atoms with Crippen molar-refractivity contribution in [2.45, 2.75) is 26.8 Å². The monoisotopic (exact) mass is 406 g/mol. The highest BCUT2D eigenvalue weighted by molar-refractivity contribution is 5.73. The van der Waals surface area contributed by atoms with E-state index in [4.69, 9.17) is 9.47 Å². The number of hydrogen-bond donors (Lipinski definition) is 2. The number of aryl methyl sites for hydroxylation is 1. The molecule has 1 aromatic heterocycles. The maximum absolute atomic E-state index is 12.2. The van der Waals surface area contributed by atoms with Crippen LogP contribution in [-0.2, 0) is 13.0 Å². The van der Waals surface area contributed by atoms with E-state index in [0.717, 1.165) is 39.7 Å². The summed E-state index contributed by atoms with van der Waals surface area (Å²) in [7, 11) is 0. The number of urea groups is 1. The Balaban J connectivity index is 1.29. The molecule has 0 unspecified atom stereocenters. The molecule has 2 heterocycles. The van der Waals surface area contributed by atoms with Crippen LogP contribution in [0.5, 0.6) is 11.5 Å². The van der Waals surface area contributed by atoms with E-state index in [0.29, 0.717) is 32.7 Å². The molecule has 0 radical (unpaired) electrons. The highest BCUT2D eigenvalue weighted by Crippen LogP contribution is 2.30. The third-order valence-corrected chi connectivity index (χ3v) is 5.17. The summed E-state index contributed by atoms with van der Waals surface area (Å²) in [5.74, 6) is 1.54. The Morgan fingerprint density at radius 3 is 2.60 bits per heavy atom. The molecule has 7 heteroatoms. The molecule has 2 amide bonds. The van der Waals surface area contributed by atoms with E-state index in [1.54, 1.807) is 0 Å². The Morgan fingerprint density at radius 1 is 1.03 bits per heavy atom. The van der Waals surface area contributed by atoms with E-state index in [1.165, 1.54) is 0 Å². The SMILES string of the molecule is Cc1nn(-c2ccccc2)c(C)c1CNC(=O)NCCc1ccc2c(c1)OCCO2. The summed E-state index contributed by atoms with van der Waals surface area (Å²) in [5.41, 5.74) is 5.06. The van der Waals surface area contributed by atoms with Crippen LogP contribution in [0.4, 0.5) is 4.79 Å². The zero-order valence-corrected chi connectivity index (χ0v) is 17.3. The molecule has 2 aromatic carbocycles. The molecular weight excluding hydrogens is 380 g/mol. The van der Waals surface area contributed by atoms with Crippen molar-refractivity contribution in [2.75, 3.05) is 19.8 Å². The summed E-state index contributed by atoms with van der Waals surface area (Å²) >= 11 is 0. The minimum atomic E-state index is -0.196. The molecule has 0 spiro atoms. The number of aromatic nitrogens is 2. The molecule has 4 rings (SSSR count). The molecular formula is C23H26N4O3. The number of nitrogens with one attached hydrogen (secondary N) is 2. The summed E-state index contributed by atoms with van der Waals surface area (Å²) in [5, 5.41) is 10.5. The smallest absolute Gasteiger partial charge is 0.315 e. The first kappa shape index (κ1) is 19.8. The summed E-state index contributed by atoms with van der Waals surface area (Å²) in [6.45, 7) is 6.09. The molecule has 3 aromatic rings. The first-order valence-electron chi connectivity index (χ1n) is 10.1. The van der Waals surface area contributed by atoms with E-state index in [1.807, 2.05) is 67.1 Å². The van der Waals surface area contributed by atoms with E-state index >= 15 is 0 Å². The topological polar surface area (TPSA) is 77.4 Å². The fourth-order valence-corrected chi connectivity index (χ4v) is 3.55. The molecule has 0 atom stereocenters. The zero-order valence-electron chi connectivity index (χ0n) is 17.3. The van der Waals surface area contributed by atoms with Gasteiger partial charge in [-0.15, -0.1) is 0 Å². The first-order chi connectivity index (χ1) is 14.6. The standard InChI is InChI=1S/C23H26N4O3/c1-16-20(17(2)27(26-16)19-6-4-3-5-7-19)15-25-23(28)24-11-10-18-8-9-21-22(14-18)30-13-12-29-21/h3-9,14H,10-13,15H2,1-2H3,(H2,24,25,28). The highest BCUT2D eigenvalue weighted by Gasteiger charge is 2.14. The predicted molar refractivity (Wildman–Crippen MR) is 114 cm³/mol. The van der Waals surface area contributed by atoms with Crippen molar-refractivity contribution in [3.8, 4) is 17.2 Å². The van der Waals surface area contributed by atoms with Gasteiger partial charge in [0.2, 0.25) is 0 Å². The number of nitrogens with zero attached hydrogens (tertiary/aromatic N) is 2. The van der Waals surface area contributed by atoms with E-state index in [-0.39, 0.29) is 6.03 Å². The molecule has 2 N–H and O–H groups in total. The maximum atomic E-state index is 12.2. The van der Waals surface area contributed by atoms with Gasteiger partial charge >= 0.3 is 6.03 Å². The van der Waals surface area contributed by atoms with Crippen LogP contribution in [0.3, 0.4) is 0 Å². The lowest BCUT2D eigenvalue weighted by Crippen LogP contribution is -2.36. The number of carbonyl (C=O) groups excluding carboxylic acids is 1. The number of ether oxygens (including phenoxy) is 2. The number of hydrogen-bond acceptors (Lipinski definition) is 4. The van der Waals surface area contributed by atoms with Gasteiger partial charge in [0.1, 0.15) is 13.2 Å². The van der Waals surface area contributed by atoms with E-state index in [9.17, 15) is 4.79 Å². The third kappa shape index (κ3) is 4.40. The number of fused-ring (bicyclic) bond motifs is 1. The minimum Gasteiger partial charge on any atom is -0.486 e. The van der Waals surface area contributed by atoms with Gasteiger partial charge in [0.25, 0.3) is 0 Å². The van der Waals surface area contributed by atoms with Crippen molar-refractivity contribution in [3.05, 3.63) is 71.0 Å². The lowest BCUT2D eigenvalue weighted by molar-refractivity contribution is 0.171. The van der Waals surface area contributed by atoms with Gasteiger partial charge in [0, 0.05) is 24.3 Å². The molecule has 156 valence electrons. The number of carbonyl (C=O) groups is 1.